The number of carbonyl (C=O) groups is 1. The van der Waals surface area contributed by atoms with Gasteiger partial charge in [-0.2, -0.15) is 0 Å². The second kappa shape index (κ2) is 8.61. The van der Waals surface area contributed by atoms with Gasteiger partial charge in [-0.25, -0.2) is 9.97 Å². The van der Waals surface area contributed by atoms with Crippen molar-refractivity contribution in [1.29, 1.82) is 0 Å². The molecule has 0 aliphatic carbocycles. The van der Waals surface area contributed by atoms with Gasteiger partial charge in [-0.1, -0.05) is 30.3 Å². The normalized spacial score (nSPS) is 16.6. The molecule has 1 N–H and O–H groups in total. The predicted molar refractivity (Wildman–Crippen MR) is 108 cm³/mol. The van der Waals surface area contributed by atoms with Crippen LogP contribution in [0.2, 0.25) is 0 Å². The zero-order valence-electron chi connectivity index (χ0n) is 15.7. The molecule has 6 heteroatoms. The van der Waals surface area contributed by atoms with E-state index in [4.69, 9.17) is 0 Å². The molecule has 3 heterocycles. The van der Waals surface area contributed by atoms with Crippen molar-refractivity contribution in [3.8, 4) is 11.3 Å². The molecule has 0 bridgehead atoms. The quantitative estimate of drug-likeness (QED) is 0.744. The van der Waals surface area contributed by atoms with E-state index in [0.717, 1.165) is 42.0 Å². The molecule has 1 aromatic carbocycles. The minimum Gasteiger partial charge on any atom is -0.356 e. The van der Waals surface area contributed by atoms with Crippen LogP contribution in [0, 0.1) is 5.92 Å². The van der Waals surface area contributed by atoms with E-state index in [9.17, 15) is 4.79 Å². The Morgan fingerprint density at radius 1 is 1.11 bits per heavy atom. The van der Waals surface area contributed by atoms with Gasteiger partial charge in [-0.05, 0) is 30.5 Å². The Bertz CT molecular complexity index is 916. The number of nitrogens with zero attached hydrogens (tertiary/aromatic N) is 4. The van der Waals surface area contributed by atoms with Crippen molar-refractivity contribution in [2.24, 2.45) is 5.92 Å². The largest absolute Gasteiger partial charge is 0.356 e. The summed E-state index contributed by atoms with van der Waals surface area (Å²) in [5.41, 5.74) is 3.02. The van der Waals surface area contributed by atoms with Gasteiger partial charge in [0.05, 0.1) is 11.6 Å². The van der Waals surface area contributed by atoms with Crippen molar-refractivity contribution in [3.63, 3.8) is 0 Å². The Kier molecular flexibility index (Phi) is 5.56. The first kappa shape index (κ1) is 18.1. The zero-order chi connectivity index (χ0) is 19.2. The molecule has 2 aromatic heterocycles. The van der Waals surface area contributed by atoms with E-state index in [1.807, 2.05) is 48.5 Å². The molecule has 1 atom stereocenters. The lowest BCUT2D eigenvalue weighted by molar-refractivity contribution is -0.125. The Labute approximate surface area is 164 Å². The van der Waals surface area contributed by atoms with Crippen LogP contribution in [0.5, 0.6) is 0 Å². The van der Waals surface area contributed by atoms with E-state index in [2.05, 4.69) is 25.2 Å². The maximum absolute atomic E-state index is 12.7. The molecule has 6 nitrogen and oxygen atoms in total. The van der Waals surface area contributed by atoms with Crippen molar-refractivity contribution in [1.82, 2.24) is 20.3 Å². The lowest BCUT2D eigenvalue weighted by atomic mass is 9.97. The smallest absolute Gasteiger partial charge is 0.225 e. The summed E-state index contributed by atoms with van der Waals surface area (Å²) in [6.45, 7) is 2.11. The molecule has 0 radical (unpaired) electrons. The van der Waals surface area contributed by atoms with Crippen LogP contribution < -0.4 is 10.2 Å². The van der Waals surface area contributed by atoms with E-state index in [1.165, 1.54) is 0 Å². The molecule has 0 saturated carbocycles. The van der Waals surface area contributed by atoms with Crippen molar-refractivity contribution in [3.05, 3.63) is 72.8 Å². The summed E-state index contributed by atoms with van der Waals surface area (Å²) in [6, 6.07) is 15.9. The highest BCUT2D eigenvalue weighted by atomic mass is 16.1. The average molecular weight is 373 g/mol. The third-order valence-corrected chi connectivity index (χ3v) is 5.05. The first-order valence-corrected chi connectivity index (χ1v) is 9.58. The molecule has 1 unspecified atom stereocenters. The van der Waals surface area contributed by atoms with E-state index in [0.29, 0.717) is 13.1 Å². The number of hydrogen-bond acceptors (Lipinski definition) is 5. The monoisotopic (exact) mass is 373 g/mol. The third kappa shape index (κ3) is 4.34. The van der Waals surface area contributed by atoms with Crippen molar-refractivity contribution >= 4 is 11.7 Å². The molecule has 1 saturated heterocycles. The van der Waals surface area contributed by atoms with Gasteiger partial charge in [0.25, 0.3) is 0 Å². The minimum absolute atomic E-state index is 0.0364. The molecule has 1 amide bonds. The number of carbonyl (C=O) groups excluding carboxylic acids is 1. The standard InChI is InChI=1S/C22H23N5O/c28-22(24-14-17-8-10-23-11-9-17)19-7-4-12-27(15-19)21-13-20(25-16-26-21)18-5-2-1-3-6-18/h1-3,5-6,8-11,13,16,19H,4,7,12,14-15H2,(H,24,28). The van der Waals surface area contributed by atoms with Crippen LogP contribution in [0.3, 0.4) is 0 Å². The number of benzene rings is 1. The highest BCUT2D eigenvalue weighted by Gasteiger charge is 2.26. The Hall–Kier alpha value is -3.28. The fraction of sp³-hybridized carbons (Fsp3) is 0.273. The summed E-state index contributed by atoms with van der Waals surface area (Å²) in [4.78, 5) is 27.7. The van der Waals surface area contributed by atoms with Crippen LogP contribution in [0.25, 0.3) is 11.3 Å². The Morgan fingerprint density at radius 2 is 1.93 bits per heavy atom. The molecule has 1 aliphatic heterocycles. The molecular weight excluding hydrogens is 350 g/mol. The molecule has 1 aliphatic rings. The van der Waals surface area contributed by atoms with Gasteiger partial charge in [0.1, 0.15) is 12.1 Å². The SMILES string of the molecule is O=C(NCc1ccncc1)C1CCCN(c2cc(-c3ccccc3)ncn2)C1. The van der Waals surface area contributed by atoms with Crippen LogP contribution in [0.4, 0.5) is 5.82 Å². The third-order valence-electron chi connectivity index (χ3n) is 5.05. The number of piperidine rings is 1. The summed E-state index contributed by atoms with van der Waals surface area (Å²) < 4.78 is 0. The number of aromatic nitrogens is 3. The molecule has 28 heavy (non-hydrogen) atoms. The second-order valence-electron chi connectivity index (χ2n) is 6.99. The van der Waals surface area contributed by atoms with Gasteiger partial charge >= 0.3 is 0 Å². The number of nitrogens with one attached hydrogen (secondary N) is 1. The van der Waals surface area contributed by atoms with Crippen LogP contribution in [-0.2, 0) is 11.3 Å². The predicted octanol–water partition coefficient (Wildman–Crippen LogP) is 3.07. The number of rotatable bonds is 5. The van der Waals surface area contributed by atoms with E-state index >= 15 is 0 Å². The maximum Gasteiger partial charge on any atom is 0.225 e. The van der Waals surface area contributed by atoms with Gasteiger partial charge in [-0.3, -0.25) is 9.78 Å². The lowest BCUT2D eigenvalue weighted by Crippen LogP contribution is -2.43. The molecule has 142 valence electrons. The molecule has 1 fully saturated rings. The lowest BCUT2D eigenvalue weighted by Gasteiger charge is -2.33. The van der Waals surface area contributed by atoms with Crippen LogP contribution in [-0.4, -0.2) is 33.9 Å². The van der Waals surface area contributed by atoms with Crippen molar-refractivity contribution in [2.75, 3.05) is 18.0 Å². The Morgan fingerprint density at radius 3 is 2.75 bits per heavy atom. The molecular formula is C22H23N5O. The first-order valence-electron chi connectivity index (χ1n) is 9.58. The summed E-state index contributed by atoms with van der Waals surface area (Å²) in [6.07, 6.45) is 6.95. The van der Waals surface area contributed by atoms with Crippen LogP contribution in [0.1, 0.15) is 18.4 Å². The van der Waals surface area contributed by atoms with E-state index < -0.39 is 0 Å². The van der Waals surface area contributed by atoms with Crippen molar-refractivity contribution in [2.45, 2.75) is 19.4 Å². The topological polar surface area (TPSA) is 71.0 Å². The van der Waals surface area contributed by atoms with Gasteiger partial charge < -0.3 is 10.2 Å². The summed E-state index contributed by atoms with van der Waals surface area (Å²) in [5, 5.41) is 3.05. The van der Waals surface area contributed by atoms with E-state index in [-0.39, 0.29) is 11.8 Å². The highest BCUT2D eigenvalue weighted by Crippen LogP contribution is 2.25. The maximum atomic E-state index is 12.7. The van der Waals surface area contributed by atoms with Gasteiger partial charge in [-0.15, -0.1) is 0 Å². The number of anilines is 1. The fourth-order valence-corrected chi connectivity index (χ4v) is 3.52. The second-order valence-corrected chi connectivity index (χ2v) is 6.99. The van der Waals surface area contributed by atoms with Gasteiger partial charge in [0, 0.05) is 43.7 Å². The molecule has 3 aromatic rings. The summed E-state index contributed by atoms with van der Waals surface area (Å²) in [5.74, 6) is 0.935. The molecule has 0 spiro atoms. The Balaban J connectivity index is 1.42. The number of pyridine rings is 1. The van der Waals surface area contributed by atoms with E-state index in [1.54, 1.807) is 18.7 Å². The van der Waals surface area contributed by atoms with Crippen LogP contribution >= 0.6 is 0 Å². The first-order chi connectivity index (χ1) is 13.8. The minimum atomic E-state index is -0.0364. The highest BCUT2D eigenvalue weighted by molar-refractivity contribution is 5.79. The van der Waals surface area contributed by atoms with Crippen molar-refractivity contribution < 1.29 is 4.79 Å². The number of amides is 1. The summed E-state index contributed by atoms with van der Waals surface area (Å²) >= 11 is 0. The fourth-order valence-electron chi connectivity index (χ4n) is 3.52. The zero-order valence-corrected chi connectivity index (χ0v) is 15.7. The van der Waals surface area contributed by atoms with Crippen LogP contribution in [0.15, 0.2) is 67.3 Å². The summed E-state index contributed by atoms with van der Waals surface area (Å²) in [7, 11) is 0. The average Bonchev–Trinajstić information content (AvgIpc) is 2.79. The van der Waals surface area contributed by atoms with Gasteiger partial charge in [0.2, 0.25) is 5.91 Å². The molecule has 4 rings (SSSR count). The number of hydrogen-bond donors (Lipinski definition) is 1. The van der Waals surface area contributed by atoms with Gasteiger partial charge in [0.15, 0.2) is 0 Å².